The van der Waals surface area contributed by atoms with E-state index in [4.69, 9.17) is 5.11 Å². The molecule has 0 saturated heterocycles. The van der Waals surface area contributed by atoms with Crippen LogP contribution < -0.4 is 5.32 Å². The number of hydrogen-bond donors (Lipinski definition) is 2. The topological polar surface area (TPSA) is 62.2 Å². The quantitative estimate of drug-likeness (QED) is 0.909. The SMILES string of the molecule is Cc1ccc(F)c(Nc2nc3c(s2)CCC3C(=O)O)c1F. The lowest BCUT2D eigenvalue weighted by Gasteiger charge is -2.08. The van der Waals surface area contributed by atoms with Gasteiger partial charge in [0.1, 0.15) is 17.4 Å². The molecule has 3 rings (SSSR count). The van der Waals surface area contributed by atoms with Crippen LogP contribution in [0.4, 0.5) is 19.6 Å². The average molecular weight is 310 g/mol. The van der Waals surface area contributed by atoms with Gasteiger partial charge in [0.05, 0.1) is 5.69 Å². The van der Waals surface area contributed by atoms with Crippen LogP contribution in [0.15, 0.2) is 12.1 Å². The summed E-state index contributed by atoms with van der Waals surface area (Å²) < 4.78 is 27.6. The van der Waals surface area contributed by atoms with Crippen LogP contribution in [0.3, 0.4) is 0 Å². The van der Waals surface area contributed by atoms with Crippen LogP contribution >= 0.6 is 11.3 Å². The molecule has 1 atom stereocenters. The number of nitrogens with zero attached hydrogens (tertiary/aromatic N) is 1. The van der Waals surface area contributed by atoms with Gasteiger partial charge < -0.3 is 10.4 Å². The number of nitrogens with one attached hydrogen (secondary N) is 1. The first-order valence-electron chi connectivity index (χ1n) is 6.41. The minimum absolute atomic E-state index is 0.255. The van der Waals surface area contributed by atoms with Crippen molar-refractivity contribution in [1.29, 1.82) is 0 Å². The van der Waals surface area contributed by atoms with Gasteiger partial charge in [-0.2, -0.15) is 0 Å². The summed E-state index contributed by atoms with van der Waals surface area (Å²) in [6, 6.07) is 2.54. The minimum Gasteiger partial charge on any atom is -0.481 e. The molecule has 2 N–H and O–H groups in total. The Bertz CT molecular complexity index is 730. The van der Waals surface area contributed by atoms with Crippen LogP contribution in [-0.2, 0) is 11.2 Å². The Morgan fingerprint density at radius 3 is 2.95 bits per heavy atom. The molecule has 0 aliphatic heterocycles. The minimum atomic E-state index is -0.918. The molecule has 0 saturated carbocycles. The maximum atomic E-state index is 13.9. The number of carbonyl (C=O) groups is 1. The van der Waals surface area contributed by atoms with E-state index in [1.54, 1.807) is 6.92 Å². The van der Waals surface area contributed by atoms with E-state index in [1.165, 1.54) is 23.5 Å². The van der Waals surface area contributed by atoms with Crippen LogP contribution in [0, 0.1) is 18.6 Å². The summed E-state index contributed by atoms with van der Waals surface area (Å²) in [5, 5.41) is 12.1. The van der Waals surface area contributed by atoms with Crippen molar-refractivity contribution in [3.05, 3.63) is 39.9 Å². The number of thiazole rings is 1. The fraction of sp³-hybridized carbons (Fsp3) is 0.286. The molecule has 0 radical (unpaired) electrons. The lowest BCUT2D eigenvalue weighted by Crippen LogP contribution is -2.08. The molecule has 7 heteroatoms. The molecule has 1 heterocycles. The molecular weight excluding hydrogens is 298 g/mol. The van der Waals surface area contributed by atoms with Crippen LogP contribution in [-0.4, -0.2) is 16.1 Å². The number of rotatable bonds is 3. The largest absolute Gasteiger partial charge is 0.481 e. The Balaban J connectivity index is 1.93. The highest BCUT2D eigenvalue weighted by Crippen LogP contribution is 2.39. The Morgan fingerprint density at radius 2 is 2.24 bits per heavy atom. The first kappa shape index (κ1) is 13.9. The zero-order chi connectivity index (χ0) is 15.1. The molecule has 4 nitrogen and oxygen atoms in total. The Hall–Kier alpha value is -2.02. The molecule has 2 aromatic rings. The molecule has 0 spiro atoms. The highest BCUT2D eigenvalue weighted by Gasteiger charge is 2.32. The number of hydrogen-bond acceptors (Lipinski definition) is 4. The maximum absolute atomic E-state index is 13.9. The van der Waals surface area contributed by atoms with Crippen molar-refractivity contribution < 1.29 is 18.7 Å². The molecule has 1 unspecified atom stereocenters. The molecule has 1 aliphatic rings. The zero-order valence-electron chi connectivity index (χ0n) is 11.1. The third-order valence-electron chi connectivity index (χ3n) is 3.53. The molecule has 0 bridgehead atoms. The summed E-state index contributed by atoms with van der Waals surface area (Å²) in [6.07, 6.45) is 1.15. The Morgan fingerprint density at radius 1 is 1.48 bits per heavy atom. The lowest BCUT2D eigenvalue weighted by atomic mass is 10.1. The van der Waals surface area contributed by atoms with E-state index in [1.807, 2.05) is 0 Å². The van der Waals surface area contributed by atoms with Gasteiger partial charge in [-0.3, -0.25) is 4.79 Å². The summed E-state index contributed by atoms with van der Waals surface area (Å²) >= 11 is 1.24. The predicted octanol–water partition coefficient (Wildman–Crippen LogP) is 3.59. The molecular formula is C14H12F2N2O2S. The highest BCUT2D eigenvalue weighted by atomic mass is 32.1. The summed E-state index contributed by atoms with van der Waals surface area (Å²) in [5.74, 6) is -2.92. The van der Waals surface area contributed by atoms with Gasteiger partial charge in [0, 0.05) is 4.88 Å². The van der Waals surface area contributed by atoms with Crippen molar-refractivity contribution in [2.75, 3.05) is 5.32 Å². The highest BCUT2D eigenvalue weighted by molar-refractivity contribution is 7.15. The third kappa shape index (κ3) is 2.37. The molecule has 110 valence electrons. The van der Waals surface area contributed by atoms with Gasteiger partial charge in [0.2, 0.25) is 0 Å². The molecule has 21 heavy (non-hydrogen) atoms. The van der Waals surface area contributed by atoms with Crippen LogP contribution in [0.2, 0.25) is 0 Å². The van der Waals surface area contributed by atoms with E-state index in [0.717, 1.165) is 4.88 Å². The number of carboxylic acids is 1. The number of benzene rings is 1. The number of aliphatic carboxylic acids is 1. The molecule has 0 amide bonds. The third-order valence-corrected chi connectivity index (χ3v) is 4.58. The maximum Gasteiger partial charge on any atom is 0.312 e. The van der Waals surface area contributed by atoms with Gasteiger partial charge in [-0.05, 0) is 31.4 Å². The van der Waals surface area contributed by atoms with Crippen LogP contribution in [0.5, 0.6) is 0 Å². The smallest absolute Gasteiger partial charge is 0.312 e. The van der Waals surface area contributed by atoms with Crippen molar-refractivity contribution in [2.45, 2.75) is 25.7 Å². The van der Waals surface area contributed by atoms with E-state index in [2.05, 4.69) is 10.3 Å². The monoisotopic (exact) mass is 310 g/mol. The molecule has 1 aliphatic carbocycles. The average Bonchev–Trinajstić information content (AvgIpc) is 2.98. The molecule has 1 aromatic carbocycles. The van der Waals surface area contributed by atoms with E-state index >= 15 is 0 Å². The Kier molecular flexibility index (Phi) is 3.36. The van der Waals surface area contributed by atoms with Crippen LogP contribution in [0.1, 0.15) is 28.5 Å². The second kappa shape index (κ2) is 5.07. The summed E-state index contributed by atoms with van der Waals surface area (Å²) in [7, 11) is 0. The summed E-state index contributed by atoms with van der Waals surface area (Å²) in [4.78, 5) is 16.2. The number of fused-ring (bicyclic) bond motifs is 1. The standard InChI is InChI=1S/C14H12F2N2O2S/c1-6-2-4-8(15)12(10(6)16)18-14-17-11-7(13(19)20)3-5-9(11)21-14/h2,4,7H,3,5H2,1H3,(H,17,18)(H,19,20). The van der Waals surface area contributed by atoms with E-state index in [0.29, 0.717) is 29.2 Å². The van der Waals surface area contributed by atoms with Gasteiger partial charge in [-0.1, -0.05) is 6.07 Å². The van der Waals surface area contributed by atoms with Crippen LogP contribution in [0.25, 0.3) is 0 Å². The Labute approximate surface area is 123 Å². The fourth-order valence-electron chi connectivity index (χ4n) is 2.40. The van der Waals surface area contributed by atoms with Crippen molar-refractivity contribution >= 4 is 28.1 Å². The summed E-state index contributed by atoms with van der Waals surface area (Å²) in [5.41, 5.74) is 0.573. The number of aryl methyl sites for hydroxylation is 2. The first-order valence-corrected chi connectivity index (χ1v) is 7.23. The van der Waals surface area contributed by atoms with Gasteiger partial charge in [-0.15, -0.1) is 11.3 Å². The van der Waals surface area contributed by atoms with Gasteiger partial charge in [0.25, 0.3) is 0 Å². The number of aromatic nitrogens is 1. The van der Waals surface area contributed by atoms with E-state index < -0.39 is 23.5 Å². The lowest BCUT2D eigenvalue weighted by molar-refractivity contribution is -0.138. The van der Waals surface area contributed by atoms with Gasteiger partial charge in [-0.25, -0.2) is 13.8 Å². The zero-order valence-corrected chi connectivity index (χ0v) is 11.9. The second-order valence-corrected chi connectivity index (χ2v) is 6.02. The molecule has 1 aromatic heterocycles. The van der Waals surface area contributed by atoms with E-state index in [9.17, 15) is 13.6 Å². The summed E-state index contributed by atoms with van der Waals surface area (Å²) in [6.45, 7) is 1.54. The molecule has 0 fully saturated rings. The van der Waals surface area contributed by atoms with Crippen molar-refractivity contribution in [3.63, 3.8) is 0 Å². The number of carboxylic acid groups (broad SMARTS) is 1. The van der Waals surface area contributed by atoms with Crippen molar-refractivity contribution in [2.24, 2.45) is 0 Å². The van der Waals surface area contributed by atoms with Crippen molar-refractivity contribution in [3.8, 4) is 0 Å². The normalized spacial score (nSPS) is 16.8. The second-order valence-electron chi connectivity index (χ2n) is 4.94. The first-order chi connectivity index (χ1) is 9.97. The van der Waals surface area contributed by atoms with Gasteiger partial charge in [0.15, 0.2) is 10.9 Å². The predicted molar refractivity (Wildman–Crippen MR) is 75.2 cm³/mol. The van der Waals surface area contributed by atoms with Gasteiger partial charge >= 0.3 is 5.97 Å². The van der Waals surface area contributed by atoms with E-state index in [-0.39, 0.29) is 5.69 Å². The fourth-order valence-corrected chi connectivity index (χ4v) is 3.44. The number of anilines is 2. The number of halogens is 2. The van der Waals surface area contributed by atoms with Crippen molar-refractivity contribution in [1.82, 2.24) is 4.98 Å².